The number of unbranched alkanes of at least 4 members (excludes halogenated alkanes) is 3. The minimum absolute atomic E-state index is 0.360. The Morgan fingerprint density at radius 1 is 0.412 bits per heavy atom. The fourth-order valence-corrected chi connectivity index (χ4v) is 7.44. The van der Waals surface area contributed by atoms with Crippen LogP contribution in [0.4, 0.5) is 11.4 Å². The molecule has 6 aromatic carbocycles. The summed E-state index contributed by atoms with van der Waals surface area (Å²) in [6, 6.07) is 57.9. The van der Waals surface area contributed by atoms with Gasteiger partial charge in [0.15, 0.2) is 0 Å². The lowest BCUT2D eigenvalue weighted by molar-refractivity contribution is 0.593. The molecule has 0 N–H and O–H groups in total. The summed E-state index contributed by atoms with van der Waals surface area (Å²) in [6.45, 7) is 10.4. The van der Waals surface area contributed by atoms with Gasteiger partial charge in [0.2, 0.25) is 0 Å². The van der Waals surface area contributed by atoms with Crippen molar-refractivity contribution in [1.82, 2.24) is 0 Å². The van der Waals surface area contributed by atoms with Crippen LogP contribution in [0, 0.1) is 13.8 Å². The molecule has 0 aliphatic heterocycles. The van der Waals surface area contributed by atoms with Gasteiger partial charge in [-0.2, -0.15) is 0 Å². The van der Waals surface area contributed by atoms with Crippen LogP contribution < -0.4 is 9.80 Å². The van der Waals surface area contributed by atoms with Gasteiger partial charge in [0.1, 0.15) is 0 Å². The minimum Gasteiger partial charge on any atom is -0.363 e. The van der Waals surface area contributed by atoms with Crippen molar-refractivity contribution >= 4 is 11.4 Å². The Balaban J connectivity index is 1.31. The SMILES string of the molecule is CCCCCCC(c1ccc(N(Cc2ccccc2)Cc2ccccc2)cc1C)c1ccc(N(Cc2ccccc2)Cc2ccccc2)cc1C. The van der Waals surface area contributed by atoms with Crippen molar-refractivity contribution in [3.8, 4) is 0 Å². The van der Waals surface area contributed by atoms with Gasteiger partial charge in [-0.3, -0.25) is 0 Å². The van der Waals surface area contributed by atoms with Crippen LogP contribution in [0.2, 0.25) is 0 Å². The van der Waals surface area contributed by atoms with Crippen LogP contribution in [0.3, 0.4) is 0 Å². The lowest BCUT2D eigenvalue weighted by Crippen LogP contribution is -2.22. The van der Waals surface area contributed by atoms with Crippen LogP contribution in [0.5, 0.6) is 0 Å². The fraction of sp³-hybridized carbons (Fsp3) is 0.265. The number of hydrogen-bond acceptors (Lipinski definition) is 2. The summed E-state index contributed by atoms with van der Waals surface area (Å²) in [5.74, 6) is 0.360. The molecule has 6 rings (SSSR count). The third-order valence-electron chi connectivity index (χ3n) is 10.2. The normalized spacial score (nSPS) is 11.1. The van der Waals surface area contributed by atoms with Gasteiger partial charge in [0.05, 0.1) is 0 Å². The number of aryl methyl sites for hydroxylation is 2. The maximum Gasteiger partial charge on any atom is 0.0433 e. The van der Waals surface area contributed by atoms with E-state index in [2.05, 4.69) is 188 Å². The first kappa shape index (κ1) is 35.7. The maximum absolute atomic E-state index is 2.52. The smallest absolute Gasteiger partial charge is 0.0433 e. The summed E-state index contributed by atoms with van der Waals surface area (Å²) in [5, 5.41) is 0. The van der Waals surface area contributed by atoms with Gasteiger partial charge in [-0.25, -0.2) is 0 Å². The van der Waals surface area contributed by atoms with Gasteiger partial charge in [0, 0.05) is 43.5 Å². The summed E-state index contributed by atoms with van der Waals surface area (Å²) < 4.78 is 0. The molecule has 0 aliphatic rings. The largest absolute Gasteiger partial charge is 0.363 e. The number of rotatable bonds is 17. The van der Waals surface area contributed by atoms with Crippen LogP contribution in [0.1, 0.15) is 89.5 Å². The molecule has 2 heteroatoms. The van der Waals surface area contributed by atoms with Crippen molar-refractivity contribution in [1.29, 1.82) is 0 Å². The van der Waals surface area contributed by atoms with Crippen LogP contribution in [-0.4, -0.2) is 0 Å². The van der Waals surface area contributed by atoms with Crippen molar-refractivity contribution in [2.75, 3.05) is 9.80 Å². The second kappa shape index (κ2) is 18.2. The van der Waals surface area contributed by atoms with E-state index in [-0.39, 0.29) is 0 Å². The van der Waals surface area contributed by atoms with E-state index in [1.807, 2.05) is 0 Å². The molecule has 0 spiro atoms. The Morgan fingerprint density at radius 2 is 0.765 bits per heavy atom. The monoisotopic (exact) mass is 670 g/mol. The zero-order valence-electron chi connectivity index (χ0n) is 30.8. The molecular formula is C49H54N2. The van der Waals surface area contributed by atoms with Crippen LogP contribution in [0.25, 0.3) is 0 Å². The number of anilines is 2. The first-order valence-electron chi connectivity index (χ1n) is 18.9. The fourth-order valence-electron chi connectivity index (χ4n) is 7.44. The zero-order valence-corrected chi connectivity index (χ0v) is 30.8. The highest BCUT2D eigenvalue weighted by atomic mass is 15.1. The molecule has 260 valence electrons. The Morgan fingerprint density at radius 3 is 1.08 bits per heavy atom. The summed E-state index contributed by atoms with van der Waals surface area (Å²) in [4.78, 5) is 5.04. The molecule has 0 aromatic heterocycles. The van der Waals surface area contributed by atoms with E-state index < -0.39 is 0 Å². The van der Waals surface area contributed by atoms with E-state index in [1.54, 1.807) is 0 Å². The van der Waals surface area contributed by atoms with Gasteiger partial charge in [-0.05, 0) is 89.0 Å². The van der Waals surface area contributed by atoms with Gasteiger partial charge in [-0.15, -0.1) is 0 Å². The van der Waals surface area contributed by atoms with Crippen molar-refractivity contribution < 1.29 is 0 Å². The summed E-state index contributed by atoms with van der Waals surface area (Å²) >= 11 is 0. The van der Waals surface area contributed by atoms with E-state index in [0.717, 1.165) is 32.6 Å². The van der Waals surface area contributed by atoms with Crippen molar-refractivity contribution in [2.24, 2.45) is 0 Å². The van der Waals surface area contributed by atoms with Gasteiger partial charge in [-0.1, -0.05) is 166 Å². The average molecular weight is 671 g/mol. The van der Waals surface area contributed by atoms with Crippen LogP contribution in [-0.2, 0) is 26.2 Å². The number of nitrogens with zero attached hydrogens (tertiary/aromatic N) is 2. The predicted molar refractivity (Wildman–Crippen MR) is 219 cm³/mol. The maximum atomic E-state index is 2.52. The standard InChI is InChI=1S/C49H54N2/c1-4-5-6-19-28-49(47-31-29-45(33-39(47)2)50(35-41-20-11-7-12-21-41)36-42-22-13-8-14-23-42)48-32-30-46(34-40(48)3)51(37-43-24-15-9-16-25-43)38-44-26-17-10-18-27-44/h7-18,20-27,29-34,49H,4-6,19,28,35-38H2,1-3H3. The molecule has 2 nitrogen and oxygen atoms in total. The summed E-state index contributed by atoms with van der Waals surface area (Å²) in [5.41, 5.74) is 13.5. The highest BCUT2D eigenvalue weighted by Crippen LogP contribution is 2.37. The quantitative estimate of drug-likeness (QED) is 0.0891. The highest BCUT2D eigenvalue weighted by Gasteiger charge is 2.21. The molecule has 0 unspecified atom stereocenters. The molecule has 0 saturated heterocycles. The van der Waals surface area contributed by atoms with Crippen molar-refractivity contribution in [3.05, 3.63) is 202 Å². The lowest BCUT2D eigenvalue weighted by atomic mass is 9.82. The second-order valence-electron chi connectivity index (χ2n) is 14.1. The summed E-state index contributed by atoms with van der Waals surface area (Å²) in [6.07, 6.45) is 6.23. The third-order valence-corrected chi connectivity index (χ3v) is 10.2. The van der Waals surface area contributed by atoms with Crippen LogP contribution >= 0.6 is 0 Å². The zero-order chi connectivity index (χ0) is 35.3. The van der Waals surface area contributed by atoms with E-state index in [0.29, 0.717) is 5.92 Å². The molecule has 0 radical (unpaired) electrons. The Labute approximate surface area is 307 Å². The molecular weight excluding hydrogens is 617 g/mol. The van der Waals surface area contributed by atoms with E-state index in [9.17, 15) is 0 Å². The molecule has 51 heavy (non-hydrogen) atoms. The molecule has 0 saturated carbocycles. The number of benzene rings is 6. The van der Waals surface area contributed by atoms with Gasteiger partial charge in [0.25, 0.3) is 0 Å². The van der Waals surface area contributed by atoms with Crippen molar-refractivity contribution in [3.63, 3.8) is 0 Å². The van der Waals surface area contributed by atoms with E-state index in [4.69, 9.17) is 0 Å². The first-order valence-corrected chi connectivity index (χ1v) is 18.9. The number of hydrogen-bond donors (Lipinski definition) is 0. The second-order valence-corrected chi connectivity index (χ2v) is 14.1. The summed E-state index contributed by atoms with van der Waals surface area (Å²) in [7, 11) is 0. The Hall–Kier alpha value is -5.08. The Kier molecular flexibility index (Phi) is 12.8. The predicted octanol–water partition coefficient (Wildman–Crippen LogP) is 12.8. The van der Waals surface area contributed by atoms with Gasteiger partial charge >= 0.3 is 0 Å². The van der Waals surface area contributed by atoms with Crippen molar-refractivity contribution in [2.45, 2.75) is 85.0 Å². The Bertz CT molecular complexity index is 1680. The first-order chi connectivity index (χ1) is 25.1. The lowest BCUT2D eigenvalue weighted by Gasteiger charge is -2.29. The molecule has 0 atom stereocenters. The molecule has 0 bridgehead atoms. The van der Waals surface area contributed by atoms with E-state index >= 15 is 0 Å². The van der Waals surface area contributed by atoms with E-state index in [1.165, 1.54) is 81.6 Å². The average Bonchev–Trinajstić information content (AvgIpc) is 3.16. The van der Waals surface area contributed by atoms with Crippen LogP contribution in [0.15, 0.2) is 158 Å². The molecule has 0 fully saturated rings. The van der Waals surface area contributed by atoms with Gasteiger partial charge < -0.3 is 9.80 Å². The highest BCUT2D eigenvalue weighted by molar-refractivity contribution is 5.57. The molecule has 0 amide bonds. The minimum atomic E-state index is 0.360. The molecule has 0 aliphatic carbocycles. The molecule has 6 aromatic rings. The molecule has 0 heterocycles. The third kappa shape index (κ3) is 10.0. The topological polar surface area (TPSA) is 6.48 Å².